The van der Waals surface area contributed by atoms with Gasteiger partial charge in [-0.15, -0.1) is 0 Å². The summed E-state index contributed by atoms with van der Waals surface area (Å²) in [6.45, 7) is 4.92. The largest absolute Gasteiger partial charge is 0.505 e. The van der Waals surface area contributed by atoms with Gasteiger partial charge in [0.05, 0.1) is 0 Å². The summed E-state index contributed by atoms with van der Waals surface area (Å²) in [6.07, 6.45) is 1.11. The van der Waals surface area contributed by atoms with Crippen LogP contribution in [-0.2, 0) is 6.54 Å². The highest BCUT2D eigenvalue weighted by Gasteiger charge is 2.04. The van der Waals surface area contributed by atoms with E-state index in [1.807, 2.05) is 11.8 Å². The minimum Gasteiger partial charge on any atom is -0.505 e. The lowest BCUT2D eigenvalue weighted by atomic mass is 10.2. The molecule has 1 atom stereocenters. The molecule has 0 bridgehead atoms. The Kier molecular flexibility index (Phi) is 6.37. The number of phenolic OH excluding ortho intramolecular Hbond substituents is 1. The number of benzene rings is 1. The van der Waals surface area contributed by atoms with Gasteiger partial charge in [0.25, 0.3) is 0 Å². The second-order valence-electron chi connectivity index (χ2n) is 4.05. The van der Waals surface area contributed by atoms with Crippen LogP contribution in [0, 0.1) is 5.82 Å². The van der Waals surface area contributed by atoms with Gasteiger partial charge in [-0.2, -0.15) is 11.8 Å². The quantitative estimate of drug-likeness (QED) is 0.736. The third-order valence-corrected chi connectivity index (χ3v) is 3.50. The third-order valence-electron chi connectivity index (χ3n) is 2.57. The van der Waals surface area contributed by atoms with Gasteiger partial charge in [0.15, 0.2) is 11.6 Å². The van der Waals surface area contributed by atoms with E-state index in [-0.39, 0.29) is 5.75 Å². The molecule has 0 radical (unpaired) electrons. The van der Waals surface area contributed by atoms with Crippen LogP contribution in [0.5, 0.6) is 5.75 Å². The maximum absolute atomic E-state index is 13.1. The second-order valence-corrected chi connectivity index (χ2v) is 5.45. The van der Waals surface area contributed by atoms with Gasteiger partial charge in [-0.25, -0.2) is 4.39 Å². The summed E-state index contributed by atoms with van der Waals surface area (Å²) < 4.78 is 13.1. The summed E-state index contributed by atoms with van der Waals surface area (Å²) >= 11 is 1.93. The summed E-state index contributed by atoms with van der Waals surface area (Å²) in [6, 6.07) is 4.92. The number of aromatic hydroxyl groups is 1. The van der Waals surface area contributed by atoms with E-state index in [1.165, 1.54) is 12.1 Å². The first-order chi connectivity index (χ1) is 8.13. The Morgan fingerprint density at radius 2 is 2.24 bits per heavy atom. The lowest BCUT2D eigenvalue weighted by Crippen LogP contribution is -2.26. The van der Waals surface area contributed by atoms with Crippen molar-refractivity contribution in [2.24, 2.45) is 0 Å². The molecule has 1 aromatic carbocycles. The molecule has 0 fully saturated rings. The van der Waals surface area contributed by atoms with Crippen LogP contribution >= 0.6 is 11.8 Å². The van der Waals surface area contributed by atoms with Crippen molar-refractivity contribution in [3.05, 3.63) is 29.6 Å². The molecule has 0 aromatic heterocycles. The summed E-state index contributed by atoms with van der Waals surface area (Å²) in [5.74, 6) is 1.45. The number of nitrogens with one attached hydrogen (secondary N) is 1. The molecule has 0 amide bonds. The molecular weight excluding hydrogens is 237 g/mol. The van der Waals surface area contributed by atoms with E-state index < -0.39 is 5.82 Å². The zero-order valence-corrected chi connectivity index (χ0v) is 11.2. The van der Waals surface area contributed by atoms with E-state index in [1.54, 1.807) is 6.07 Å². The molecule has 2 N–H and O–H groups in total. The van der Waals surface area contributed by atoms with Crippen molar-refractivity contribution in [1.29, 1.82) is 0 Å². The fourth-order valence-corrected chi connectivity index (χ4v) is 2.27. The van der Waals surface area contributed by atoms with Crippen molar-refractivity contribution in [2.45, 2.75) is 32.9 Å². The molecule has 96 valence electrons. The minimum atomic E-state index is -0.557. The lowest BCUT2D eigenvalue weighted by Gasteiger charge is -2.13. The monoisotopic (exact) mass is 257 g/mol. The smallest absolute Gasteiger partial charge is 0.165 e. The van der Waals surface area contributed by atoms with E-state index in [9.17, 15) is 4.39 Å². The molecule has 2 nitrogen and oxygen atoms in total. The van der Waals surface area contributed by atoms with Gasteiger partial charge in [-0.3, -0.25) is 0 Å². The number of halogens is 1. The predicted octanol–water partition coefficient (Wildman–Crippen LogP) is 3.15. The average Bonchev–Trinajstić information content (AvgIpc) is 2.31. The Morgan fingerprint density at radius 1 is 1.47 bits per heavy atom. The molecule has 0 spiro atoms. The van der Waals surface area contributed by atoms with Crippen LogP contribution in [0.15, 0.2) is 18.2 Å². The van der Waals surface area contributed by atoms with Crippen molar-refractivity contribution >= 4 is 11.8 Å². The highest BCUT2D eigenvalue weighted by molar-refractivity contribution is 7.99. The van der Waals surface area contributed by atoms with Crippen LogP contribution in [-0.4, -0.2) is 22.7 Å². The van der Waals surface area contributed by atoms with Crippen LogP contribution in [0.1, 0.15) is 25.8 Å². The summed E-state index contributed by atoms with van der Waals surface area (Å²) in [4.78, 5) is 0. The lowest BCUT2D eigenvalue weighted by molar-refractivity contribution is 0.431. The number of hydrogen-bond acceptors (Lipinski definition) is 3. The number of hydrogen-bond donors (Lipinski definition) is 2. The topological polar surface area (TPSA) is 32.3 Å². The fraction of sp³-hybridized carbons (Fsp3) is 0.538. The van der Waals surface area contributed by atoms with Crippen molar-refractivity contribution in [3.63, 3.8) is 0 Å². The number of phenols is 1. The minimum absolute atomic E-state index is 0.291. The van der Waals surface area contributed by atoms with E-state index in [0.29, 0.717) is 12.6 Å². The van der Waals surface area contributed by atoms with Gasteiger partial charge in [-0.1, -0.05) is 13.0 Å². The molecule has 0 heterocycles. The predicted molar refractivity (Wildman–Crippen MR) is 72.0 cm³/mol. The third kappa shape index (κ3) is 5.41. The molecule has 0 aliphatic heterocycles. The standard InChI is InChI=1S/C13H20FNOS/c1-3-17-7-6-10(2)15-9-11-4-5-13(16)12(14)8-11/h4-5,8,10,15-16H,3,6-7,9H2,1-2H3. The van der Waals surface area contributed by atoms with Crippen molar-refractivity contribution < 1.29 is 9.50 Å². The van der Waals surface area contributed by atoms with Crippen LogP contribution in [0.3, 0.4) is 0 Å². The van der Waals surface area contributed by atoms with E-state index in [0.717, 1.165) is 23.5 Å². The van der Waals surface area contributed by atoms with Crippen LogP contribution in [0.4, 0.5) is 4.39 Å². The van der Waals surface area contributed by atoms with Gasteiger partial charge in [-0.05, 0) is 42.5 Å². The van der Waals surface area contributed by atoms with Gasteiger partial charge >= 0.3 is 0 Å². The number of rotatable bonds is 7. The molecule has 17 heavy (non-hydrogen) atoms. The fourth-order valence-electron chi connectivity index (χ4n) is 1.46. The zero-order chi connectivity index (χ0) is 12.7. The average molecular weight is 257 g/mol. The molecule has 1 rings (SSSR count). The second kappa shape index (κ2) is 7.56. The van der Waals surface area contributed by atoms with Crippen LogP contribution in [0.25, 0.3) is 0 Å². The molecular formula is C13H20FNOS. The summed E-state index contributed by atoms with van der Waals surface area (Å²) in [5.41, 5.74) is 0.857. The molecule has 0 aliphatic rings. The van der Waals surface area contributed by atoms with Gasteiger partial charge in [0.2, 0.25) is 0 Å². The highest BCUT2D eigenvalue weighted by atomic mass is 32.2. The number of thioether (sulfide) groups is 1. The summed E-state index contributed by atoms with van der Waals surface area (Å²) in [7, 11) is 0. The van der Waals surface area contributed by atoms with Crippen LogP contribution in [0.2, 0.25) is 0 Å². The molecule has 0 saturated heterocycles. The van der Waals surface area contributed by atoms with Crippen molar-refractivity contribution in [2.75, 3.05) is 11.5 Å². The molecule has 0 saturated carbocycles. The van der Waals surface area contributed by atoms with Gasteiger partial charge in [0, 0.05) is 12.6 Å². The highest BCUT2D eigenvalue weighted by Crippen LogP contribution is 2.16. The maximum atomic E-state index is 13.1. The van der Waals surface area contributed by atoms with Gasteiger partial charge < -0.3 is 10.4 Å². The van der Waals surface area contributed by atoms with E-state index >= 15 is 0 Å². The van der Waals surface area contributed by atoms with E-state index in [2.05, 4.69) is 19.2 Å². The normalized spacial score (nSPS) is 12.6. The molecule has 1 aromatic rings. The first kappa shape index (κ1) is 14.3. The Balaban J connectivity index is 2.31. The Morgan fingerprint density at radius 3 is 2.88 bits per heavy atom. The first-order valence-corrected chi connectivity index (χ1v) is 7.07. The molecule has 4 heteroatoms. The SMILES string of the molecule is CCSCCC(C)NCc1ccc(O)c(F)c1. The Hall–Kier alpha value is -0.740. The van der Waals surface area contributed by atoms with Crippen molar-refractivity contribution in [1.82, 2.24) is 5.32 Å². The van der Waals surface area contributed by atoms with Crippen LogP contribution < -0.4 is 5.32 Å². The Bertz CT molecular complexity index is 346. The van der Waals surface area contributed by atoms with Crippen molar-refractivity contribution in [3.8, 4) is 5.75 Å². The summed E-state index contributed by atoms with van der Waals surface area (Å²) in [5, 5.41) is 12.4. The van der Waals surface area contributed by atoms with Gasteiger partial charge in [0.1, 0.15) is 0 Å². The Labute approximate surface area is 107 Å². The molecule has 1 unspecified atom stereocenters. The molecule has 0 aliphatic carbocycles. The van der Waals surface area contributed by atoms with E-state index in [4.69, 9.17) is 5.11 Å². The first-order valence-electron chi connectivity index (χ1n) is 5.92. The zero-order valence-electron chi connectivity index (χ0n) is 10.4. The maximum Gasteiger partial charge on any atom is 0.165 e.